The fourth-order valence-electron chi connectivity index (χ4n) is 3.33. The molecule has 3 aromatic rings. The first-order valence-electron chi connectivity index (χ1n) is 10.4. The van der Waals surface area contributed by atoms with E-state index in [1.54, 1.807) is 43.9 Å². The molecule has 1 amide bonds. The molecular formula is C24H28N2O5S. The number of methoxy groups -OCH3 is 2. The van der Waals surface area contributed by atoms with E-state index in [0.29, 0.717) is 28.8 Å². The molecule has 7 nitrogen and oxygen atoms in total. The molecule has 1 aromatic heterocycles. The first kappa shape index (κ1) is 23.5. The van der Waals surface area contributed by atoms with Gasteiger partial charge in [0.25, 0.3) is 5.91 Å². The number of carbonyl (C=O) groups excluding carboxylic acids is 2. The second-order valence-corrected chi connectivity index (χ2v) is 8.54. The van der Waals surface area contributed by atoms with Crippen LogP contribution in [-0.2, 0) is 27.3 Å². The van der Waals surface area contributed by atoms with Crippen LogP contribution in [0.25, 0.3) is 10.2 Å². The highest BCUT2D eigenvalue weighted by atomic mass is 32.1. The molecule has 0 saturated heterocycles. The minimum absolute atomic E-state index is 0.00264. The van der Waals surface area contributed by atoms with Crippen LogP contribution in [0.4, 0.5) is 0 Å². The Kier molecular flexibility index (Phi) is 7.69. The van der Waals surface area contributed by atoms with Gasteiger partial charge in [-0.25, -0.2) is 0 Å². The normalized spacial score (nSPS) is 11.8. The van der Waals surface area contributed by atoms with Gasteiger partial charge in [0.05, 0.1) is 37.5 Å². The summed E-state index contributed by atoms with van der Waals surface area (Å²) in [6, 6.07) is 11.4. The summed E-state index contributed by atoms with van der Waals surface area (Å²) in [5.41, 5.74) is 2.80. The topological polar surface area (TPSA) is 79.1 Å². The lowest BCUT2D eigenvalue weighted by molar-refractivity contribution is -0.143. The van der Waals surface area contributed by atoms with Crippen LogP contribution in [0.5, 0.6) is 11.5 Å². The lowest BCUT2D eigenvalue weighted by atomic mass is 10.0. The highest BCUT2D eigenvalue weighted by Crippen LogP contribution is 2.28. The zero-order chi connectivity index (χ0) is 23.3. The van der Waals surface area contributed by atoms with Gasteiger partial charge < -0.3 is 18.8 Å². The fraction of sp³-hybridized carbons (Fsp3) is 0.375. The van der Waals surface area contributed by atoms with E-state index < -0.39 is 0 Å². The number of amides is 1. The molecule has 0 unspecified atom stereocenters. The maximum absolute atomic E-state index is 12.8. The SMILES string of the molecule is CCOC(=O)Cn1c(=NC(=O)Cc2ccc(OC)c(OC)c2)sc2cc(C(C)C)ccc21. The van der Waals surface area contributed by atoms with Crippen LogP contribution in [0, 0.1) is 0 Å². The Morgan fingerprint density at radius 3 is 2.47 bits per heavy atom. The number of fused-ring (bicyclic) bond motifs is 1. The number of ether oxygens (including phenoxy) is 3. The van der Waals surface area contributed by atoms with Crippen LogP contribution in [0.2, 0.25) is 0 Å². The van der Waals surface area contributed by atoms with E-state index in [-0.39, 0.29) is 24.8 Å². The third-order valence-electron chi connectivity index (χ3n) is 4.99. The molecule has 0 N–H and O–H groups in total. The van der Waals surface area contributed by atoms with Crippen molar-refractivity contribution in [3.05, 3.63) is 52.3 Å². The Bertz CT molecular complexity index is 1190. The van der Waals surface area contributed by atoms with Crippen molar-refractivity contribution in [1.82, 2.24) is 4.57 Å². The number of esters is 1. The molecule has 0 saturated carbocycles. The highest BCUT2D eigenvalue weighted by Gasteiger charge is 2.14. The van der Waals surface area contributed by atoms with Gasteiger partial charge in [0, 0.05) is 0 Å². The molecule has 0 radical (unpaired) electrons. The summed E-state index contributed by atoms with van der Waals surface area (Å²) in [6.45, 7) is 6.31. The van der Waals surface area contributed by atoms with E-state index in [0.717, 1.165) is 15.8 Å². The Balaban J connectivity index is 1.99. The molecule has 0 aliphatic heterocycles. The Hall–Kier alpha value is -3.13. The average Bonchev–Trinajstić information content (AvgIpc) is 3.09. The summed E-state index contributed by atoms with van der Waals surface area (Å²) >= 11 is 1.39. The summed E-state index contributed by atoms with van der Waals surface area (Å²) in [7, 11) is 3.11. The third kappa shape index (κ3) is 5.37. The monoisotopic (exact) mass is 456 g/mol. The molecule has 2 aromatic carbocycles. The van der Waals surface area contributed by atoms with Gasteiger partial charge in [-0.15, -0.1) is 0 Å². The molecule has 0 spiro atoms. The summed E-state index contributed by atoms with van der Waals surface area (Å²) in [6.07, 6.45) is 0.102. The van der Waals surface area contributed by atoms with Crippen LogP contribution in [0.3, 0.4) is 0 Å². The summed E-state index contributed by atoms with van der Waals surface area (Å²) < 4.78 is 18.4. The Morgan fingerprint density at radius 1 is 1.06 bits per heavy atom. The third-order valence-corrected chi connectivity index (χ3v) is 6.03. The van der Waals surface area contributed by atoms with E-state index in [1.165, 1.54) is 16.9 Å². The maximum atomic E-state index is 12.8. The molecule has 0 atom stereocenters. The molecule has 0 aliphatic rings. The van der Waals surface area contributed by atoms with Gasteiger partial charge in [-0.2, -0.15) is 4.99 Å². The van der Waals surface area contributed by atoms with Crippen molar-refractivity contribution in [3.63, 3.8) is 0 Å². The zero-order valence-corrected chi connectivity index (χ0v) is 19.8. The first-order valence-corrected chi connectivity index (χ1v) is 11.2. The van der Waals surface area contributed by atoms with Crippen LogP contribution in [0.15, 0.2) is 41.4 Å². The van der Waals surface area contributed by atoms with Crippen molar-refractivity contribution < 1.29 is 23.8 Å². The predicted molar refractivity (Wildman–Crippen MR) is 124 cm³/mol. The van der Waals surface area contributed by atoms with Crippen molar-refractivity contribution in [2.24, 2.45) is 4.99 Å². The van der Waals surface area contributed by atoms with Gasteiger partial charge in [0.2, 0.25) is 0 Å². The summed E-state index contributed by atoms with van der Waals surface area (Å²) in [5, 5.41) is 0. The van der Waals surface area contributed by atoms with Gasteiger partial charge in [-0.3, -0.25) is 9.59 Å². The summed E-state index contributed by atoms with van der Waals surface area (Å²) in [5.74, 6) is 0.836. The minimum Gasteiger partial charge on any atom is -0.493 e. The van der Waals surface area contributed by atoms with Crippen LogP contribution in [0.1, 0.15) is 37.8 Å². The molecule has 8 heteroatoms. The second kappa shape index (κ2) is 10.5. The molecule has 0 bridgehead atoms. The van der Waals surface area contributed by atoms with Crippen LogP contribution < -0.4 is 14.3 Å². The average molecular weight is 457 g/mol. The highest BCUT2D eigenvalue weighted by molar-refractivity contribution is 7.16. The molecule has 170 valence electrons. The second-order valence-electron chi connectivity index (χ2n) is 7.53. The van der Waals surface area contributed by atoms with E-state index >= 15 is 0 Å². The van der Waals surface area contributed by atoms with Crippen molar-refractivity contribution in [1.29, 1.82) is 0 Å². The predicted octanol–water partition coefficient (Wildman–Crippen LogP) is 4.08. The summed E-state index contributed by atoms with van der Waals surface area (Å²) in [4.78, 5) is 29.8. The standard InChI is InChI=1S/C24H28N2O5S/c1-6-31-23(28)14-26-18-9-8-17(15(2)3)13-21(18)32-24(26)25-22(27)12-16-7-10-19(29-4)20(11-16)30-5/h7-11,13,15H,6,12,14H2,1-5H3. The number of benzene rings is 2. The maximum Gasteiger partial charge on any atom is 0.326 e. The number of hydrogen-bond acceptors (Lipinski definition) is 6. The lowest BCUT2D eigenvalue weighted by Gasteiger charge is -2.08. The van der Waals surface area contributed by atoms with Gasteiger partial charge in [0.15, 0.2) is 16.3 Å². The lowest BCUT2D eigenvalue weighted by Crippen LogP contribution is -2.23. The van der Waals surface area contributed by atoms with E-state index in [9.17, 15) is 9.59 Å². The van der Waals surface area contributed by atoms with Crippen molar-refractivity contribution in [2.75, 3.05) is 20.8 Å². The van der Waals surface area contributed by atoms with Crippen molar-refractivity contribution >= 4 is 33.4 Å². The smallest absolute Gasteiger partial charge is 0.326 e. The Morgan fingerprint density at radius 2 is 1.81 bits per heavy atom. The van der Waals surface area contributed by atoms with Gasteiger partial charge in [-0.1, -0.05) is 37.3 Å². The molecule has 3 rings (SSSR count). The van der Waals surface area contributed by atoms with E-state index in [2.05, 4.69) is 24.9 Å². The molecular weight excluding hydrogens is 428 g/mol. The number of aromatic nitrogens is 1. The van der Waals surface area contributed by atoms with Gasteiger partial charge in [-0.05, 0) is 48.2 Å². The number of carbonyl (C=O) groups is 2. The number of thiazole rings is 1. The fourth-order valence-corrected chi connectivity index (χ4v) is 4.43. The van der Waals surface area contributed by atoms with Gasteiger partial charge in [0.1, 0.15) is 6.54 Å². The van der Waals surface area contributed by atoms with Gasteiger partial charge >= 0.3 is 5.97 Å². The number of hydrogen-bond donors (Lipinski definition) is 0. The molecule has 32 heavy (non-hydrogen) atoms. The van der Waals surface area contributed by atoms with E-state index in [1.807, 2.05) is 12.1 Å². The van der Waals surface area contributed by atoms with Crippen LogP contribution >= 0.6 is 11.3 Å². The zero-order valence-electron chi connectivity index (χ0n) is 19.0. The Labute approximate surface area is 191 Å². The largest absolute Gasteiger partial charge is 0.493 e. The number of rotatable bonds is 8. The van der Waals surface area contributed by atoms with Crippen LogP contribution in [-0.4, -0.2) is 37.3 Å². The molecule has 0 fully saturated rings. The molecule has 0 aliphatic carbocycles. The minimum atomic E-state index is -0.367. The van der Waals surface area contributed by atoms with E-state index in [4.69, 9.17) is 14.2 Å². The number of nitrogens with zero attached hydrogens (tertiary/aromatic N) is 2. The first-order chi connectivity index (χ1) is 15.4. The van der Waals surface area contributed by atoms with Crippen molar-refractivity contribution in [3.8, 4) is 11.5 Å². The quantitative estimate of drug-likeness (QED) is 0.477. The molecule has 1 heterocycles. The van der Waals surface area contributed by atoms with Crippen molar-refractivity contribution in [2.45, 2.75) is 39.7 Å².